The van der Waals surface area contributed by atoms with Gasteiger partial charge in [0.1, 0.15) is 12.4 Å². The van der Waals surface area contributed by atoms with E-state index in [1.807, 2.05) is 0 Å². The zero-order valence-electron chi connectivity index (χ0n) is 10.1. The Morgan fingerprint density at radius 2 is 2.00 bits per heavy atom. The van der Waals surface area contributed by atoms with Crippen LogP contribution in [0.3, 0.4) is 0 Å². The van der Waals surface area contributed by atoms with Gasteiger partial charge in [0.05, 0.1) is 0 Å². The fourth-order valence-corrected chi connectivity index (χ4v) is 1.53. The molecule has 0 saturated heterocycles. The summed E-state index contributed by atoms with van der Waals surface area (Å²) in [7, 11) is 0. The van der Waals surface area contributed by atoms with Crippen molar-refractivity contribution in [2.75, 3.05) is 11.1 Å². The van der Waals surface area contributed by atoms with Crippen molar-refractivity contribution in [3.8, 4) is 0 Å². The van der Waals surface area contributed by atoms with Crippen LogP contribution in [0.25, 0.3) is 0 Å². The second-order valence-corrected chi connectivity index (χ2v) is 3.92. The van der Waals surface area contributed by atoms with Crippen LogP contribution in [0.2, 0.25) is 0 Å². The monoisotopic (exact) mass is 260 g/mol. The van der Waals surface area contributed by atoms with Gasteiger partial charge in [-0.1, -0.05) is 24.3 Å². The summed E-state index contributed by atoms with van der Waals surface area (Å²) in [6.07, 6.45) is -0.658. The average molecular weight is 260 g/mol. The van der Waals surface area contributed by atoms with Crippen LogP contribution < -0.4 is 11.1 Å². The number of halogens is 1. The van der Waals surface area contributed by atoms with E-state index in [-0.39, 0.29) is 6.61 Å². The molecular formula is C14H13FN2O2. The summed E-state index contributed by atoms with van der Waals surface area (Å²) < 4.78 is 18.2. The minimum absolute atomic E-state index is 0.124. The van der Waals surface area contributed by atoms with Gasteiger partial charge in [-0.15, -0.1) is 0 Å². The standard InChI is InChI=1S/C14H13FN2O2/c15-13-7-2-1-4-10(13)9-19-14(18)17-12-6-3-5-11(16)8-12/h1-8H,9,16H2,(H,17,18). The summed E-state index contributed by atoms with van der Waals surface area (Å²) in [5.41, 5.74) is 6.96. The molecule has 0 heterocycles. The number of hydrogen-bond acceptors (Lipinski definition) is 3. The van der Waals surface area contributed by atoms with Crippen molar-refractivity contribution in [1.82, 2.24) is 0 Å². The van der Waals surface area contributed by atoms with E-state index in [1.165, 1.54) is 6.07 Å². The Bertz CT molecular complexity index is 587. The van der Waals surface area contributed by atoms with Crippen LogP contribution in [-0.4, -0.2) is 6.09 Å². The molecule has 0 radical (unpaired) electrons. The van der Waals surface area contributed by atoms with Gasteiger partial charge in [-0.2, -0.15) is 0 Å². The van der Waals surface area contributed by atoms with Gasteiger partial charge in [-0.3, -0.25) is 5.32 Å². The third kappa shape index (κ3) is 3.70. The van der Waals surface area contributed by atoms with Gasteiger partial charge in [0.15, 0.2) is 0 Å². The summed E-state index contributed by atoms with van der Waals surface area (Å²) in [5.74, 6) is -0.403. The smallest absolute Gasteiger partial charge is 0.411 e. The summed E-state index contributed by atoms with van der Waals surface area (Å²) in [4.78, 5) is 11.5. The zero-order valence-corrected chi connectivity index (χ0v) is 10.1. The molecule has 3 N–H and O–H groups in total. The van der Waals surface area contributed by atoms with Crippen LogP contribution in [-0.2, 0) is 11.3 Å². The highest BCUT2D eigenvalue weighted by molar-refractivity contribution is 5.85. The van der Waals surface area contributed by atoms with E-state index in [0.717, 1.165) is 0 Å². The van der Waals surface area contributed by atoms with Crippen LogP contribution in [0.1, 0.15) is 5.56 Å². The molecule has 0 bridgehead atoms. The van der Waals surface area contributed by atoms with Crippen molar-refractivity contribution in [2.24, 2.45) is 0 Å². The summed E-state index contributed by atoms with van der Waals surface area (Å²) in [6.45, 7) is -0.124. The molecule has 0 unspecified atom stereocenters. The molecule has 98 valence electrons. The number of benzene rings is 2. The molecule has 0 aromatic heterocycles. The second-order valence-electron chi connectivity index (χ2n) is 3.92. The quantitative estimate of drug-likeness (QED) is 0.833. The number of ether oxygens (including phenoxy) is 1. The molecule has 0 atom stereocenters. The molecule has 0 spiro atoms. The summed E-state index contributed by atoms with van der Waals surface area (Å²) in [6, 6.07) is 12.8. The predicted molar refractivity (Wildman–Crippen MR) is 71.1 cm³/mol. The highest BCUT2D eigenvalue weighted by Crippen LogP contribution is 2.13. The highest BCUT2D eigenvalue weighted by Gasteiger charge is 2.06. The largest absolute Gasteiger partial charge is 0.444 e. The maximum atomic E-state index is 13.3. The number of hydrogen-bond donors (Lipinski definition) is 2. The van der Waals surface area contributed by atoms with E-state index < -0.39 is 11.9 Å². The van der Waals surface area contributed by atoms with E-state index in [1.54, 1.807) is 42.5 Å². The van der Waals surface area contributed by atoms with Crippen LogP contribution in [0.15, 0.2) is 48.5 Å². The Morgan fingerprint density at radius 1 is 1.21 bits per heavy atom. The first kappa shape index (κ1) is 12.9. The normalized spacial score (nSPS) is 9.95. The number of carbonyl (C=O) groups is 1. The van der Waals surface area contributed by atoms with Crippen LogP contribution in [0.5, 0.6) is 0 Å². The molecule has 0 saturated carbocycles. The highest BCUT2D eigenvalue weighted by atomic mass is 19.1. The first-order chi connectivity index (χ1) is 9.15. The van der Waals surface area contributed by atoms with Gasteiger partial charge in [-0.25, -0.2) is 9.18 Å². The average Bonchev–Trinajstić information content (AvgIpc) is 2.38. The number of nitrogens with one attached hydrogen (secondary N) is 1. The second kappa shape index (κ2) is 5.86. The van der Waals surface area contributed by atoms with Crippen molar-refractivity contribution in [1.29, 1.82) is 0 Å². The van der Waals surface area contributed by atoms with Crippen molar-refractivity contribution < 1.29 is 13.9 Å². The SMILES string of the molecule is Nc1cccc(NC(=O)OCc2ccccc2F)c1. The molecule has 2 aromatic carbocycles. The van der Waals surface area contributed by atoms with Gasteiger partial charge in [0, 0.05) is 16.9 Å². The zero-order chi connectivity index (χ0) is 13.7. The number of nitrogen functional groups attached to an aromatic ring is 1. The van der Waals surface area contributed by atoms with E-state index >= 15 is 0 Å². The van der Waals surface area contributed by atoms with Crippen molar-refractivity contribution in [3.05, 3.63) is 59.9 Å². The molecular weight excluding hydrogens is 247 g/mol. The van der Waals surface area contributed by atoms with Crippen molar-refractivity contribution in [3.63, 3.8) is 0 Å². The summed E-state index contributed by atoms with van der Waals surface area (Å²) >= 11 is 0. The maximum absolute atomic E-state index is 13.3. The van der Waals surface area contributed by atoms with E-state index in [9.17, 15) is 9.18 Å². The fourth-order valence-electron chi connectivity index (χ4n) is 1.53. The van der Waals surface area contributed by atoms with E-state index in [2.05, 4.69) is 5.32 Å². The van der Waals surface area contributed by atoms with Crippen LogP contribution in [0, 0.1) is 5.82 Å². The molecule has 0 aliphatic heterocycles. The van der Waals surface area contributed by atoms with E-state index in [4.69, 9.17) is 10.5 Å². The van der Waals surface area contributed by atoms with Crippen LogP contribution >= 0.6 is 0 Å². The molecule has 2 aromatic rings. The molecule has 0 aliphatic rings. The Morgan fingerprint density at radius 3 is 2.74 bits per heavy atom. The lowest BCUT2D eigenvalue weighted by molar-refractivity contribution is 0.154. The Kier molecular flexibility index (Phi) is 3.97. The fraction of sp³-hybridized carbons (Fsp3) is 0.0714. The van der Waals surface area contributed by atoms with Crippen molar-refractivity contribution in [2.45, 2.75) is 6.61 Å². The van der Waals surface area contributed by atoms with Gasteiger partial charge in [0.25, 0.3) is 0 Å². The van der Waals surface area contributed by atoms with Crippen molar-refractivity contribution >= 4 is 17.5 Å². The topological polar surface area (TPSA) is 64.3 Å². The summed E-state index contributed by atoms with van der Waals surface area (Å²) in [5, 5.41) is 2.51. The lowest BCUT2D eigenvalue weighted by atomic mass is 10.2. The molecule has 19 heavy (non-hydrogen) atoms. The lowest BCUT2D eigenvalue weighted by Gasteiger charge is -2.08. The Balaban J connectivity index is 1.90. The van der Waals surface area contributed by atoms with E-state index in [0.29, 0.717) is 16.9 Å². The molecule has 1 amide bonds. The third-order valence-electron chi connectivity index (χ3n) is 2.45. The number of nitrogens with two attached hydrogens (primary N) is 1. The Labute approximate surface area is 110 Å². The number of anilines is 2. The molecule has 5 heteroatoms. The van der Waals surface area contributed by atoms with Crippen LogP contribution in [0.4, 0.5) is 20.6 Å². The molecule has 0 fully saturated rings. The van der Waals surface area contributed by atoms with Gasteiger partial charge in [-0.05, 0) is 24.3 Å². The predicted octanol–water partition coefficient (Wildman–Crippen LogP) is 3.16. The third-order valence-corrected chi connectivity index (χ3v) is 2.45. The van der Waals surface area contributed by atoms with Gasteiger partial charge >= 0.3 is 6.09 Å². The molecule has 2 rings (SSSR count). The first-order valence-electron chi connectivity index (χ1n) is 5.68. The molecule has 4 nitrogen and oxygen atoms in total. The molecule has 0 aliphatic carbocycles. The first-order valence-corrected chi connectivity index (χ1v) is 5.68. The van der Waals surface area contributed by atoms with Gasteiger partial charge in [0.2, 0.25) is 0 Å². The van der Waals surface area contributed by atoms with Gasteiger partial charge < -0.3 is 10.5 Å². The maximum Gasteiger partial charge on any atom is 0.411 e. The number of amides is 1. The minimum atomic E-state index is -0.658. The Hall–Kier alpha value is -2.56. The minimum Gasteiger partial charge on any atom is -0.444 e. The number of carbonyl (C=O) groups excluding carboxylic acids is 1. The number of rotatable bonds is 3. The lowest BCUT2D eigenvalue weighted by Crippen LogP contribution is -2.14.